The lowest BCUT2D eigenvalue weighted by molar-refractivity contribution is 0.101. The highest BCUT2D eigenvalue weighted by Crippen LogP contribution is 2.36. The molecule has 32 heavy (non-hydrogen) atoms. The minimum absolute atomic E-state index is 0.00345. The molecule has 0 saturated heterocycles. The number of nitrogens with one attached hydrogen (secondary N) is 3. The van der Waals surface area contributed by atoms with Crippen molar-refractivity contribution in [3.05, 3.63) is 58.8 Å². The molecule has 0 fully saturated rings. The number of aliphatic hydroxyl groups excluding tert-OH is 1. The number of nitriles is 1. The number of imidazole rings is 1. The fourth-order valence-electron chi connectivity index (χ4n) is 3.65. The lowest BCUT2D eigenvalue weighted by Gasteiger charge is -2.21. The Kier molecular flexibility index (Phi) is 5.89. The molecule has 10 nitrogen and oxygen atoms in total. The number of H-pyrrole nitrogens is 1. The molecule has 0 atom stereocenters. The second-order valence-electron chi connectivity index (χ2n) is 7.33. The molecule has 1 aliphatic heterocycles. The minimum Gasteiger partial charge on any atom is -0.392 e. The first-order chi connectivity index (χ1) is 15.4. The number of hydrogen-bond acceptors (Lipinski definition) is 6. The maximum absolute atomic E-state index is 12.7. The van der Waals surface area contributed by atoms with Crippen LogP contribution < -0.4 is 10.0 Å². The van der Waals surface area contributed by atoms with Gasteiger partial charge in [0.25, 0.3) is 5.91 Å². The summed E-state index contributed by atoms with van der Waals surface area (Å²) in [5.41, 5.74) is 4.04. The number of anilines is 1. The quantitative estimate of drug-likeness (QED) is 0.544. The molecule has 11 heteroatoms. The summed E-state index contributed by atoms with van der Waals surface area (Å²) >= 11 is 0. The summed E-state index contributed by atoms with van der Waals surface area (Å²) in [6.07, 6.45) is 9.75. The van der Waals surface area contributed by atoms with Crippen LogP contribution in [0.3, 0.4) is 0 Å². The summed E-state index contributed by atoms with van der Waals surface area (Å²) in [6.45, 7) is -0.338. The summed E-state index contributed by atoms with van der Waals surface area (Å²) in [6, 6.07) is 5.36. The third kappa shape index (κ3) is 4.46. The van der Waals surface area contributed by atoms with Crippen molar-refractivity contribution < 1.29 is 18.3 Å². The summed E-state index contributed by atoms with van der Waals surface area (Å²) in [4.78, 5) is 19.3. The first kappa shape index (κ1) is 21.5. The van der Waals surface area contributed by atoms with Gasteiger partial charge < -0.3 is 15.4 Å². The van der Waals surface area contributed by atoms with Crippen LogP contribution in [0.25, 0.3) is 11.1 Å². The molecule has 0 bridgehead atoms. The van der Waals surface area contributed by atoms with Crippen LogP contribution in [-0.2, 0) is 16.8 Å². The minimum atomic E-state index is -3.75. The third-order valence-corrected chi connectivity index (χ3v) is 6.01. The Morgan fingerprint density at radius 1 is 1.28 bits per heavy atom. The maximum Gasteiger partial charge on any atom is 0.341 e. The Hall–Kier alpha value is -3.75. The van der Waals surface area contributed by atoms with Crippen molar-refractivity contribution in [1.29, 1.82) is 5.26 Å². The summed E-state index contributed by atoms with van der Waals surface area (Å²) in [5.74, 6) is -0.525. The van der Waals surface area contributed by atoms with Crippen LogP contribution in [0.4, 0.5) is 5.69 Å². The highest BCUT2D eigenvalue weighted by atomic mass is 32.2. The smallest absolute Gasteiger partial charge is 0.341 e. The largest absolute Gasteiger partial charge is 0.392 e. The van der Waals surface area contributed by atoms with Crippen LogP contribution in [0.5, 0.6) is 0 Å². The molecular weight excluding hydrogens is 432 g/mol. The summed E-state index contributed by atoms with van der Waals surface area (Å²) in [5, 5.41) is 21.7. The van der Waals surface area contributed by atoms with Crippen LogP contribution in [0.15, 0.2) is 35.0 Å². The molecule has 1 aromatic carbocycles. The van der Waals surface area contributed by atoms with Gasteiger partial charge in [0.05, 0.1) is 19.0 Å². The Morgan fingerprint density at radius 3 is 2.75 bits per heavy atom. The molecule has 0 spiro atoms. The number of hydrogen-bond donors (Lipinski definition) is 4. The molecule has 0 saturated carbocycles. The van der Waals surface area contributed by atoms with E-state index in [4.69, 9.17) is 5.26 Å². The molecule has 4 rings (SSSR count). The van der Waals surface area contributed by atoms with Crippen molar-refractivity contribution in [1.82, 2.24) is 14.7 Å². The van der Waals surface area contributed by atoms with Crippen LogP contribution in [-0.4, -0.2) is 35.6 Å². The molecule has 2 aliphatic rings. The molecule has 2 heterocycles. The van der Waals surface area contributed by atoms with Crippen LogP contribution in [0.1, 0.15) is 58.7 Å². The van der Waals surface area contributed by atoms with Gasteiger partial charge in [-0.15, -0.1) is 0 Å². The average molecular weight is 452 g/mol. The highest BCUT2D eigenvalue weighted by Gasteiger charge is 2.21. The van der Waals surface area contributed by atoms with Crippen molar-refractivity contribution in [2.24, 2.45) is 4.40 Å². The Balaban J connectivity index is 1.77. The van der Waals surface area contributed by atoms with Gasteiger partial charge in [0.2, 0.25) is 0 Å². The van der Waals surface area contributed by atoms with E-state index in [1.54, 1.807) is 6.07 Å². The number of carbonyl (C=O) groups excluding carboxylic acids is 1. The number of allylic oxidation sites excluding steroid dienone is 3. The van der Waals surface area contributed by atoms with E-state index >= 15 is 0 Å². The van der Waals surface area contributed by atoms with Gasteiger partial charge in [-0.2, -0.15) is 18.1 Å². The number of nitrogens with zero attached hydrogens (tertiary/aromatic N) is 3. The molecule has 1 aromatic heterocycles. The van der Waals surface area contributed by atoms with Gasteiger partial charge in [-0.3, -0.25) is 9.52 Å². The fraction of sp³-hybridized carbons (Fsp3) is 0.238. The SMILES string of the molecule is N#Cc1cnc(C(=O)Nc2cc(CO)c(C3=CNS(=O)(=O)N=C3)cc2C2=CCCCC2)[nH]1. The standard InChI is InChI=1S/C21H20N6O4S/c22-8-16-11-23-20(26-16)21(29)27-19-6-14(12-28)17(15-9-24-32(30,31)25-10-15)7-18(19)13-4-2-1-3-5-13/h4,6-7,9-11,24,28H,1-3,5,12H2,(H,23,26)(H,27,29). The molecule has 164 valence electrons. The van der Waals surface area contributed by atoms with Gasteiger partial charge in [-0.1, -0.05) is 6.08 Å². The number of benzene rings is 1. The lowest BCUT2D eigenvalue weighted by Crippen LogP contribution is -2.20. The van der Waals surface area contributed by atoms with E-state index in [0.29, 0.717) is 22.4 Å². The first-order valence-electron chi connectivity index (χ1n) is 9.92. The van der Waals surface area contributed by atoms with Gasteiger partial charge >= 0.3 is 10.2 Å². The van der Waals surface area contributed by atoms with E-state index in [9.17, 15) is 18.3 Å². The number of carbonyl (C=O) groups is 1. The van der Waals surface area contributed by atoms with Gasteiger partial charge in [0.1, 0.15) is 11.8 Å². The van der Waals surface area contributed by atoms with Gasteiger partial charge in [-0.05, 0) is 54.5 Å². The Morgan fingerprint density at radius 2 is 2.12 bits per heavy atom. The molecule has 0 unspecified atom stereocenters. The second kappa shape index (κ2) is 8.78. The zero-order valence-electron chi connectivity index (χ0n) is 16.9. The molecule has 0 radical (unpaired) electrons. The van der Waals surface area contributed by atoms with E-state index in [0.717, 1.165) is 36.8 Å². The summed E-state index contributed by atoms with van der Waals surface area (Å²) < 4.78 is 28.8. The Labute approximate surface area is 184 Å². The van der Waals surface area contributed by atoms with Crippen molar-refractivity contribution >= 4 is 39.2 Å². The van der Waals surface area contributed by atoms with Crippen molar-refractivity contribution in [3.63, 3.8) is 0 Å². The molecule has 1 amide bonds. The fourth-order valence-corrected chi connectivity index (χ4v) is 4.24. The number of aromatic amines is 1. The molecular formula is C21H20N6O4S. The van der Waals surface area contributed by atoms with E-state index in [1.165, 1.54) is 18.6 Å². The zero-order chi connectivity index (χ0) is 22.7. The van der Waals surface area contributed by atoms with E-state index < -0.39 is 16.1 Å². The second-order valence-corrected chi connectivity index (χ2v) is 8.72. The predicted octanol–water partition coefficient (Wildman–Crippen LogP) is 2.24. The highest BCUT2D eigenvalue weighted by molar-refractivity contribution is 7.88. The van der Waals surface area contributed by atoms with Gasteiger partial charge in [0.15, 0.2) is 5.82 Å². The third-order valence-electron chi connectivity index (χ3n) is 5.22. The van der Waals surface area contributed by atoms with Crippen molar-refractivity contribution in [2.45, 2.75) is 32.3 Å². The summed E-state index contributed by atoms with van der Waals surface area (Å²) in [7, 11) is -3.75. The van der Waals surface area contributed by atoms with Crippen LogP contribution >= 0.6 is 0 Å². The number of rotatable bonds is 5. The molecule has 4 N–H and O–H groups in total. The number of amides is 1. The molecule has 2 aromatic rings. The van der Waals surface area contributed by atoms with Crippen molar-refractivity contribution in [3.8, 4) is 6.07 Å². The van der Waals surface area contributed by atoms with E-state index in [2.05, 4.69) is 30.5 Å². The monoisotopic (exact) mass is 452 g/mol. The zero-order valence-corrected chi connectivity index (χ0v) is 17.7. The number of aromatic nitrogens is 2. The van der Waals surface area contributed by atoms with Crippen molar-refractivity contribution in [2.75, 3.05) is 5.32 Å². The van der Waals surface area contributed by atoms with E-state index in [1.807, 2.05) is 12.1 Å². The maximum atomic E-state index is 12.7. The van der Waals surface area contributed by atoms with Gasteiger partial charge in [-0.25, -0.2) is 4.98 Å². The first-order valence-corrected chi connectivity index (χ1v) is 11.4. The normalized spacial score (nSPS) is 17.0. The molecule has 1 aliphatic carbocycles. The van der Waals surface area contributed by atoms with Crippen LogP contribution in [0.2, 0.25) is 0 Å². The van der Waals surface area contributed by atoms with Gasteiger partial charge in [0, 0.05) is 23.0 Å². The average Bonchev–Trinajstić information content (AvgIpc) is 3.29. The predicted molar refractivity (Wildman–Crippen MR) is 119 cm³/mol. The lowest BCUT2D eigenvalue weighted by atomic mass is 9.88. The number of aliphatic hydroxyl groups is 1. The van der Waals surface area contributed by atoms with Crippen LogP contribution in [0, 0.1) is 11.3 Å². The topological polar surface area (TPSA) is 160 Å². The Bertz CT molecular complexity index is 1310. The van der Waals surface area contributed by atoms with E-state index in [-0.39, 0.29) is 18.1 Å².